The van der Waals surface area contributed by atoms with E-state index in [1.54, 1.807) is 36.4 Å². The van der Waals surface area contributed by atoms with E-state index in [1.165, 1.54) is 26.4 Å². The maximum absolute atomic E-state index is 14.8. The molecule has 0 aliphatic carbocycles. The Balaban J connectivity index is 1.99. The summed E-state index contributed by atoms with van der Waals surface area (Å²) in [5.41, 5.74) is -1.11. The van der Waals surface area contributed by atoms with Crippen molar-refractivity contribution in [1.29, 1.82) is 0 Å². The first-order valence-corrected chi connectivity index (χ1v) is 9.38. The molecule has 0 aromatic heterocycles. The summed E-state index contributed by atoms with van der Waals surface area (Å²) >= 11 is 0. The minimum atomic E-state index is -3.48. The van der Waals surface area contributed by atoms with Gasteiger partial charge in [-0.3, -0.25) is 4.79 Å². The van der Waals surface area contributed by atoms with E-state index in [4.69, 9.17) is 14.2 Å². The van der Waals surface area contributed by atoms with Crippen molar-refractivity contribution in [2.75, 3.05) is 27.9 Å². The van der Waals surface area contributed by atoms with Gasteiger partial charge in [0.2, 0.25) is 5.60 Å². The summed E-state index contributed by atoms with van der Waals surface area (Å²) in [5, 5.41) is 5.39. The van der Waals surface area contributed by atoms with Crippen LogP contribution in [0.4, 0.5) is 8.78 Å². The number of halogens is 2. The van der Waals surface area contributed by atoms with Crippen LogP contribution in [0.5, 0.6) is 11.5 Å². The van der Waals surface area contributed by atoms with E-state index < -0.39 is 17.4 Å². The lowest BCUT2D eigenvalue weighted by atomic mass is 9.86. The number of hydrogen-bond acceptors (Lipinski definition) is 5. The Morgan fingerprint density at radius 2 is 1.70 bits per heavy atom. The molecule has 0 bridgehead atoms. The Labute approximate surface area is 174 Å². The number of nitrogens with zero attached hydrogens (tertiary/aromatic N) is 2. The van der Waals surface area contributed by atoms with Gasteiger partial charge >= 0.3 is 0 Å². The molecular weight excluding hydrogens is 394 g/mol. The lowest BCUT2D eigenvalue weighted by Crippen LogP contribution is -2.56. The fraction of sp³-hybridized carbons (Fsp3) is 0.364. The third-order valence-corrected chi connectivity index (χ3v) is 5.16. The second-order valence-electron chi connectivity index (χ2n) is 6.93. The molecule has 1 aliphatic rings. The second-order valence-corrected chi connectivity index (χ2v) is 6.93. The lowest BCUT2D eigenvalue weighted by Gasteiger charge is -2.37. The summed E-state index contributed by atoms with van der Waals surface area (Å²) in [5.74, 6) is -3.33. The van der Waals surface area contributed by atoms with Crippen molar-refractivity contribution >= 4 is 11.6 Å². The first-order chi connectivity index (χ1) is 14.3. The van der Waals surface area contributed by atoms with Gasteiger partial charge in [0.1, 0.15) is 0 Å². The highest BCUT2D eigenvalue weighted by Crippen LogP contribution is 2.42. The Kier molecular flexibility index (Phi) is 6.07. The van der Waals surface area contributed by atoms with Crippen molar-refractivity contribution in [3.05, 3.63) is 59.7 Å². The van der Waals surface area contributed by atoms with Crippen LogP contribution in [0, 0.1) is 0 Å². The van der Waals surface area contributed by atoms with Gasteiger partial charge in [-0.25, -0.2) is 13.8 Å². The maximum Gasteiger partial charge on any atom is 0.287 e. The van der Waals surface area contributed by atoms with E-state index >= 15 is 0 Å². The highest BCUT2D eigenvalue weighted by molar-refractivity contribution is 6.03. The Morgan fingerprint density at radius 1 is 1.03 bits per heavy atom. The summed E-state index contributed by atoms with van der Waals surface area (Å²) < 4.78 is 45.3. The van der Waals surface area contributed by atoms with Crippen LogP contribution < -0.4 is 9.47 Å². The summed E-state index contributed by atoms with van der Waals surface area (Å²) in [6, 6.07) is 13.0. The number of hydrazone groups is 1. The van der Waals surface area contributed by atoms with Crippen LogP contribution in [0.1, 0.15) is 24.5 Å². The zero-order valence-corrected chi connectivity index (χ0v) is 17.3. The molecule has 0 saturated carbocycles. The molecule has 0 spiro atoms. The van der Waals surface area contributed by atoms with Crippen LogP contribution in [0.15, 0.2) is 53.6 Å². The summed E-state index contributed by atoms with van der Waals surface area (Å²) in [7, 11) is 4.16. The Morgan fingerprint density at radius 3 is 2.27 bits per heavy atom. The van der Waals surface area contributed by atoms with Crippen LogP contribution in [0.2, 0.25) is 0 Å². The lowest BCUT2D eigenvalue weighted by molar-refractivity contribution is -0.208. The topological polar surface area (TPSA) is 60.4 Å². The smallest absolute Gasteiger partial charge is 0.287 e. The van der Waals surface area contributed by atoms with Gasteiger partial charge in [-0.15, -0.1) is 0 Å². The molecule has 2 aromatic rings. The highest BCUT2D eigenvalue weighted by Gasteiger charge is 2.60. The van der Waals surface area contributed by atoms with Crippen LogP contribution in [0.25, 0.3) is 0 Å². The zero-order valence-electron chi connectivity index (χ0n) is 17.3. The monoisotopic (exact) mass is 418 g/mol. The zero-order chi connectivity index (χ0) is 21.9. The number of carbonyl (C=O) groups is 1. The number of amides is 1. The molecule has 3 rings (SSSR count). The van der Waals surface area contributed by atoms with Crippen LogP contribution >= 0.6 is 0 Å². The number of alkyl halides is 2. The van der Waals surface area contributed by atoms with Crippen molar-refractivity contribution in [1.82, 2.24) is 5.01 Å². The van der Waals surface area contributed by atoms with Crippen molar-refractivity contribution < 1.29 is 27.8 Å². The SMILES string of the molecule is COc1ccc(C2=NN(C(=O)[C@](OC)(c3ccccc3)C(C)(F)F)CC2)cc1OC. The van der Waals surface area contributed by atoms with Gasteiger partial charge in [0.05, 0.1) is 26.5 Å². The summed E-state index contributed by atoms with van der Waals surface area (Å²) in [4.78, 5) is 13.3. The number of carbonyl (C=O) groups excluding carboxylic acids is 1. The van der Waals surface area contributed by atoms with Gasteiger partial charge in [0, 0.05) is 26.0 Å². The minimum absolute atomic E-state index is 0.0692. The predicted octanol–water partition coefficient (Wildman–Crippen LogP) is 3.84. The predicted molar refractivity (Wildman–Crippen MR) is 108 cm³/mol. The minimum Gasteiger partial charge on any atom is -0.493 e. The molecule has 160 valence electrons. The maximum atomic E-state index is 14.8. The van der Waals surface area contributed by atoms with Crippen molar-refractivity contribution in [3.63, 3.8) is 0 Å². The van der Waals surface area contributed by atoms with Crippen LogP contribution in [-0.2, 0) is 15.1 Å². The van der Waals surface area contributed by atoms with Gasteiger partial charge in [-0.1, -0.05) is 30.3 Å². The number of ether oxygens (including phenoxy) is 3. The first kappa shape index (κ1) is 21.7. The normalized spacial score (nSPS) is 16.1. The Bertz CT molecular complexity index is 944. The number of methoxy groups -OCH3 is 3. The molecule has 30 heavy (non-hydrogen) atoms. The average molecular weight is 418 g/mol. The van der Waals surface area contributed by atoms with Gasteiger partial charge in [-0.2, -0.15) is 5.10 Å². The number of hydrogen-bond donors (Lipinski definition) is 0. The van der Waals surface area contributed by atoms with Gasteiger partial charge in [-0.05, 0) is 23.8 Å². The molecule has 0 fully saturated rings. The van der Waals surface area contributed by atoms with Crippen LogP contribution in [0.3, 0.4) is 0 Å². The molecule has 0 radical (unpaired) electrons. The molecular formula is C22H24F2N2O4. The fourth-order valence-corrected chi connectivity index (χ4v) is 3.63. The van der Waals surface area contributed by atoms with E-state index in [0.29, 0.717) is 36.1 Å². The van der Waals surface area contributed by atoms with Crippen molar-refractivity contribution in [2.45, 2.75) is 24.9 Å². The highest BCUT2D eigenvalue weighted by atomic mass is 19.3. The van der Waals surface area contributed by atoms with Gasteiger partial charge in [0.25, 0.3) is 11.8 Å². The second kappa shape index (κ2) is 8.39. The fourth-order valence-electron chi connectivity index (χ4n) is 3.63. The summed E-state index contributed by atoms with van der Waals surface area (Å²) in [6.07, 6.45) is 0.408. The molecule has 1 heterocycles. The van der Waals surface area contributed by atoms with E-state index in [1.807, 2.05) is 0 Å². The number of benzene rings is 2. The van der Waals surface area contributed by atoms with E-state index in [0.717, 1.165) is 12.1 Å². The molecule has 1 amide bonds. The summed E-state index contributed by atoms with van der Waals surface area (Å²) in [6.45, 7) is 0.840. The Hall–Kier alpha value is -3.00. The average Bonchev–Trinajstić information content (AvgIpc) is 3.24. The molecule has 1 atom stereocenters. The first-order valence-electron chi connectivity index (χ1n) is 9.38. The van der Waals surface area contributed by atoms with Gasteiger partial charge < -0.3 is 14.2 Å². The number of rotatable bonds is 7. The van der Waals surface area contributed by atoms with E-state index in [9.17, 15) is 13.6 Å². The molecule has 0 unspecified atom stereocenters. The molecule has 0 N–H and O–H groups in total. The molecule has 2 aromatic carbocycles. The van der Waals surface area contributed by atoms with Crippen molar-refractivity contribution in [3.8, 4) is 11.5 Å². The van der Waals surface area contributed by atoms with E-state index in [-0.39, 0.29) is 12.1 Å². The standard InChI is InChI=1S/C22H24F2N2O4/c1-21(23,24)22(30-4,16-8-6-5-7-9-16)20(27)26-13-12-17(25-26)15-10-11-18(28-2)19(14-15)29-3/h5-11,14H,12-13H2,1-4H3/t22-/m1/s1. The molecule has 1 aliphatic heterocycles. The largest absolute Gasteiger partial charge is 0.493 e. The molecule has 0 saturated heterocycles. The van der Waals surface area contributed by atoms with E-state index in [2.05, 4.69) is 5.10 Å². The third kappa shape index (κ3) is 3.63. The third-order valence-electron chi connectivity index (χ3n) is 5.16. The van der Waals surface area contributed by atoms with Crippen LogP contribution in [-0.4, -0.2) is 50.4 Å². The molecule has 6 nitrogen and oxygen atoms in total. The van der Waals surface area contributed by atoms with Gasteiger partial charge in [0.15, 0.2) is 11.5 Å². The molecule has 8 heteroatoms. The quantitative estimate of drug-likeness (QED) is 0.686. The van der Waals surface area contributed by atoms with Crippen molar-refractivity contribution in [2.24, 2.45) is 5.10 Å².